The lowest BCUT2D eigenvalue weighted by molar-refractivity contribution is -0.137. The third-order valence-corrected chi connectivity index (χ3v) is 3.99. The van der Waals surface area contributed by atoms with Gasteiger partial charge in [0.2, 0.25) is 0 Å². The molecule has 1 aromatic heterocycles. The second kappa shape index (κ2) is 8.48. The minimum Gasteiger partial charge on any atom is -0.321 e. The molecule has 2 N–H and O–H groups in total. The summed E-state index contributed by atoms with van der Waals surface area (Å²) in [5.74, 6) is 0. The summed E-state index contributed by atoms with van der Waals surface area (Å²) in [6.45, 7) is 0. The van der Waals surface area contributed by atoms with Crippen LogP contribution in [0.15, 0.2) is 41.2 Å². The minimum atomic E-state index is -4.75. The molecule has 0 amide bonds. The average molecular weight is 361 g/mol. The number of nitriles is 1. The maximum Gasteiger partial charge on any atom is 0.417 e. The molecule has 1 aliphatic rings. The fourth-order valence-electron chi connectivity index (χ4n) is 2.65. The molecule has 0 saturated heterocycles. The van der Waals surface area contributed by atoms with Gasteiger partial charge in [0.25, 0.3) is 5.56 Å². The van der Waals surface area contributed by atoms with Gasteiger partial charge < -0.3 is 10.4 Å². The summed E-state index contributed by atoms with van der Waals surface area (Å²) < 4.78 is 38.4. The molecule has 7 heteroatoms. The number of benzene rings is 1. The van der Waals surface area contributed by atoms with Gasteiger partial charge in [-0.2, -0.15) is 18.4 Å². The first-order chi connectivity index (χ1) is 12.3. The van der Waals surface area contributed by atoms with Crippen LogP contribution in [0.5, 0.6) is 0 Å². The van der Waals surface area contributed by atoms with Crippen LogP contribution >= 0.6 is 0 Å². The van der Waals surface area contributed by atoms with Crippen molar-refractivity contribution in [1.29, 1.82) is 10.7 Å². The first-order valence-corrected chi connectivity index (χ1v) is 8.19. The molecular formula is C19H18F3N3O. The Morgan fingerprint density at radius 3 is 2.15 bits per heavy atom. The third kappa shape index (κ3) is 5.06. The smallest absolute Gasteiger partial charge is 0.321 e. The van der Waals surface area contributed by atoms with Crippen LogP contribution in [-0.2, 0) is 6.18 Å². The van der Waals surface area contributed by atoms with E-state index in [2.05, 4.69) is 4.98 Å². The lowest BCUT2D eigenvalue weighted by atomic mass is 9.99. The summed E-state index contributed by atoms with van der Waals surface area (Å²) in [4.78, 5) is 13.8. The molecule has 136 valence electrons. The lowest BCUT2D eigenvalue weighted by Gasteiger charge is -2.10. The second-order valence-electron chi connectivity index (χ2n) is 5.94. The molecule has 0 bridgehead atoms. The van der Waals surface area contributed by atoms with Gasteiger partial charge in [0.05, 0.1) is 5.56 Å². The molecule has 0 spiro atoms. The Bertz CT molecular complexity index is 856. The fourth-order valence-corrected chi connectivity index (χ4v) is 2.65. The minimum absolute atomic E-state index is 0.0249. The molecule has 1 fully saturated rings. The number of nitrogens with one attached hydrogen (secondary N) is 2. The van der Waals surface area contributed by atoms with Crippen LogP contribution in [0, 0.1) is 16.7 Å². The monoisotopic (exact) mass is 361 g/mol. The van der Waals surface area contributed by atoms with E-state index in [-0.39, 0.29) is 5.69 Å². The summed E-state index contributed by atoms with van der Waals surface area (Å²) in [7, 11) is 0. The second-order valence-corrected chi connectivity index (χ2v) is 5.94. The van der Waals surface area contributed by atoms with E-state index in [0.29, 0.717) is 5.56 Å². The number of H-pyrrole nitrogens is 1. The van der Waals surface area contributed by atoms with Crippen molar-refractivity contribution in [3.05, 3.63) is 57.9 Å². The van der Waals surface area contributed by atoms with Crippen molar-refractivity contribution < 1.29 is 13.2 Å². The molecule has 26 heavy (non-hydrogen) atoms. The van der Waals surface area contributed by atoms with Gasteiger partial charge in [0.1, 0.15) is 11.6 Å². The third-order valence-electron chi connectivity index (χ3n) is 3.99. The predicted octanol–water partition coefficient (Wildman–Crippen LogP) is 4.90. The standard InChI is InChI=1S/C13H7F3N2O.C6H11N/c14-13(15,16)10-6-11(8-4-2-1-3-5-8)18-12(19)9(10)7-17;7-6-4-2-1-3-5-6/h1-6H,(H,18,19);7H,1-5H2. The SMILES string of the molecule is N#Cc1c(C(F)(F)F)cc(-c2ccccc2)[nH]c1=O.N=C1CCCCC1. The number of rotatable bonds is 1. The van der Waals surface area contributed by atoms with E-state index in [1.165, 1.54) is 25.3 Å². The van der Waals surface area contributed by atoms with Crippen molar-refractivity contribution >= 4 is 5.71 Å². The summed E-state index contributed by atoms with van der Waals surface area (Å²) >= 11 is 0. The van der Waals surface area contributed by atoms with Crippen LogP contribution in [0.2, 0.25) is 0 Å². The number of alkyl halides is 3. The Balaban J connectivity index is 0.000000290. The maximum atomic E-state index is 12.8. The van der Waals surface area contributed by atoms with Crippen LogP contribution in [0.25, 0.3) is 11.3 Å². The lowest BCUT2D eigenvalue weighted by Crippen LogP contribution is -2.19. The van der Waals surface area contributed by atoms with E-state index in [0.717, 1.165) is 24.6 Å². The molecule has 0 radical (unpaired) electrons. The van der Waals surface area contributed by atoms with Crippen LogP contribution < -0.4 is 5.56 Å². The van der Waals surface area contributed by atoms with Gasteiger partial charge in [0.15, 0.2) is 0 Å². The molecule has 1 heterocycles. The van der Waals surface area contributed by atoms with Crippen molar-refractivity contribution in [2.45, 2.75) is 38.3 Å². The topological polar surface area (TPSA) is 80.5 Å². The number of pyridine rings is 1. The maximum absolute atomic E-state index is 12.8. The highest BCUT2D eigenvalue weighted by atomic mass is 19.4. The molecule has 3 rings (SSSR count). The van der Waals surface area contributed by atoms with Crippen molar-refractivity contribution in [2.75, 3.05) is 0 Å². The predicted molar refractivity (Wildman–Crippen MR) is 93.0 cm³/mol. The van der Waals surface area contributed by atoms with Crippen molar-refractivity contribution in [1.82, 2.24) is 4.98 Å². The van der Waals surface area contributed by atoms with Crippen molar-refractivity contribution in [3.8, 4) is 17.3 Å². The number of aromatic nitrogens is 1. The molecule has 1 aliphatic carbocycles. The highest BCUT2D eigenvalue weighted by Gasteiger charge is 2.35. The van der Waals surface area contributed by atoms with Crippen LogP contribution in [0.1, 0.15) is 43.2 Å². The van der Waals surface area contributed by atoms with Gasteiger partial charge in [-0.1, -0.05) is 36.8 Å². The highest BCUT2D eigenvalue weighted by Crippen LogP contribution is 2.32. The Kier molecular flexibility index (Phi) is 6.34. The van der Waals surface area contributed by atoms with Gasteiger partial charge >= 0.3 is 6.18 Å². The zero-order valence-electron chi connectivity index (χ0n) is 14.0. The number of halogens is 3. The number of nitrogens with zero attached hydrogens (tertiary/aromatic N) is 1. The molecule has 2 aromatic rings. The molecule has 4 nitrogen and oxygen atoms in total. The first-order valence-electron chi connectivity index (χ1n) is 8.19. The van der Waals surface area contributed by atoms with Gasteiger partial charge in [-0.3, -0.25) is 4.79 Å². The Hall–Kier alpha value is -2.88. The summed E-state index contributed by atoms with van der Waals surface area (Å²) in [5.41, 5.74) is -1.77. The van der Waals surface area contributed by atoms with Gasteiger partial charge in [-0.15, -0.1) is 0 Å². The van der Waals surface area contributed by atoms with Crippen molar-refractivity contribution in [2.24, 2.45) is 0 Å². The molecule has 1 aromatic carbocycles. The zero-order chi connectivity index (χ0) is 19.2. The van der Waals surface area contributed by atoms with Gasteiger partial charge in [-0.05, 0) is 37.3 Å². The summed E-state index contributed by atoms with van der Waals surface area (Å²) in [5, 5.41) is 15.8. The Morgan fingerprint density at radius 1 is 1.08 bits per heavy atom. The highest BCUT2D eigenvalue weighted by molar-refractivity contribution is 5.81. The number of hydrogen-bond donors (Lipinski definition) is 2. The summed E-state index contributed by atoms with van der Waals surface area (Å²) in [6.07, 6.45) is 1.27. The first kappa shape index (κ1) is 19.4. The Labute approximate surface area is 148 Å². The molecule has 0 aliphatic heterocycles. The normalized spacial score (nSPS) is 14.2. The molecular weight excluding hydrogens is 343 g/mol. The quantitative estimate of drug-likeness (QED) is 0.757. The largest absolute Gasteiger partial charge is 0.417 e. The zero-order valence-corrected chi connectivity index (χ0v) is 14.0. The van der Waals surface area contributed by atoms with Crippen LogP contribution in [0.3, 0.4) is 0 Å². The van der Waals surface area contributed by atoms with Crippen LogP contribution in [0.4, 0.5) is 13.2 Å². The number of hydrogen-bond acceptors (Lipinski definition) is 3. The summed E-state index contributed by atoms with van der Waals surface area (Å²) in [6, 6.07) is 10.2. The molecule has 0 unspecified atom stereocenters. The van der Waals surface area contributed by atoms with E-state index in [4.69, 9.17) is 10.7 Å². The van der Waals surface area contributed by atoms with E-state index >= 15 is 0 Å². The fraction of sp³-hybridized carbons (Fsp3) is 0.316. The van der Waals surface area contributed by atoms with Crippen LogP contribution in [-0.4, -0.2) is 10.7 Å². The van der Waals surface area contributed by atoms with E-state index in [1.54, 1.807) is 30.3 Å². The number of aromatic amines is 1. The van der Waals surface area contributed by atoms with Crippen molar-refractivity contribution in [3.63, 3.8) is 0 Å². The van der Waals surface area contributed by atoms with E-state index in [9.17, 15) is 18.0 Å². The average Bonchev–Trinajstić information content (AvgIpc) is 2.62. The Morgan fingerprint density at radius 2 is 1.69 bits per heavy atom. The van der Waals surface area contributed by atoms with Gasteiger partial charge in [0, 0.05) is 11.4 Å². The van der Waals surface area contributed by atoms with E-state index < -0.39 is 22.9 Å². The molecule has 0 atom stereocenters. The molecule has 1 saturated carbocycles. The van der Waals surface area contributed by atoms with E-state index in [1.807, 2.05) is 0 Å². The van der Waals surface area contributed by atoms with Gasteiger partial charge in [-0.25, -0.2) is 0 Å².